The smallest absolute Gasteiger partial charge is 0.303 e. The van der Waals surface area contributed by atoms with Crippen molar-refractivity contribution in [3.05, 3.63) is 0 Å². The van der Waals surface area contributed by atoms with E-state index in [0.29, 0.717) is 6.54 Å². The van der Waals surface area contributed by atoms with Gasteiger partial charge >= 0.3 is 5.97 Å². The highest BCUT2D eigenvalue weighted by atomic mass is 16.4. The van der Waals surface area contributed by atoms with Crippen molar-refractivity contribution in [1.82, 2.24) is 10.2 Å². The number of nitrogens with two attached hydrogens (primary N) is 1. The van der Waals surface area contributed by atoms with Crippen molar-refractivity contribution in [1.29, 1.82) is 0 Å². The molecule has 88 valence electrons. The molecule has 6 nitrogen and oxygen atoms in total. The largest absolute Gasteiger partial charge is 0.481 e. The minimum absolute atomic E-state index is 0.0811. The number of nitrogens with zero attached hydrogens (tertiary/aromatic N) is 1. The topological polar surface area (TPSA) is 95.7 Å². The Bertz CT molecular complexity index is 219. The Labute approximate surface area is 89.4 Å². The molecule has 1 amide bonds. The van der Waals surface area contributed by atoms with Gasteiger partial charge in [-0.2, -0.15) is 0 Å². The molecule has 15 heavy (non-hydrogen) atoms. The summed E-state index contributed by atoms with van der Waals surface area (Å²) in [7, 11) is 3.80. The number of carboxylic acid groups (broad SMARTS) is 1. The number of hydrogen-bond acceptors (Lipinski definition) is 4. The predicted octanol–water partition coefficient (Wildman–Crippen LogP) is -1.14. The summed E-state index contributed by atoms with van der Waals surface area (Å²) in [5, 5.41) is 11.0. The van der Waals surface area contributed by atoms with Crippen molar-refractivity contribution >= 4 is 11.9 Å². The van der Waals surface area contributed by atoms with E-state index in [1.807, 2.05) is 19.0 Å². The van der Waals surface area contributed by atoms with Gasteiger partial charge in [0.05, 0.1) is 6.04 Å². The fourth-order valence-electron chi connectivity index (χ4n) is 0.944. The van der Waals surface area contributed by atoms with Crippen molar-refractivity contribution in [2.75, 3.05) is 27.2 Å². The van der Waals surface area contributed by atoms with Crippen LogP contribution < -0.4 is 11.1 Å². The maximum atomic E-state index is 11.3. The average molecular weight is 217 g/mol. The van der Waals surface area contributed by atoms with E-state index in [0.717, 1.165) is 6.54 Å². The fourth-order valence-corrected chi connectivity index (χ4v) is 0.944. The summed E-state index contributed by atoms with van der Waals surface area (Å²) in [6.45, 7) is 1.25. The molecule has 0 aromatic heterocycles. The zero-order valence-corrected chi connectivity index (χ0v) is 9.19. The van der Waals surface area contributed by atoms with Crippen LogP contribution in [0.4, 0.5) is 0 Å². The summed E-state index contributed by atoms with van der Waals surface area (Å²) in [6.07, 6.45) is 0.0887. The predicted molar refractivity (Wildman–Crippen MR) is 56.4 cm³/mol. The third-order valence-corrected chi connectivity index (χ3v) is 1.86. The summed E-state index contributed by atoms with van der Waals surface area (Å²) in [4.78, 5) is 23.5. The lowest BCUT2D eigenvalue weighted by atomic mass is 10.1. The molecule has 0 fully saturated rings. The maximum absolute atomic E-state index is 11.3. The lowest BCUT2D eigenvalue weighted by molar-refractivity contribution is -0.137. The summed E-state index contributed by atoms with van der Waals surface area (Å²) in [5.74, 6) is -1.23. The molecule has 0 rings (SSSR count). The summed E-state index contributed by atoms with van der Waals surface area (Å²) in [6, 6.07) is -0.733. The third kappa shape index (κ3) is 7.90. The molecule has 0 radical (unpaired) electrons. The molecule has 0 bridgehead atoms. The van der Waals surface area contributed by atoms with Crippen LogP contribution in [-0.2, 0) is 9.59 Å². The van der Waals surface area contributed by atoms with Gasteiger partial charge in [-0.3, -0.25) is 9.59 Å². The van der Waals surface area contributed by atoms with Gasteiger partial charge in [0.15, 0.2) is 0 Å². The SMILES string of the molecule is CN(C)CCNC(=O)[C@@H](N)CCC(=O)O. The van der Waals surface area contributed by atoms with Crippen LogP contribution in [0, 0.1) is 0 Å². The van der Waals surface area contributed by atoms with Crippen LogP contribution in [0.15, 0.2) is 0 Å². The van der Waals surface area contributed by atoms with E-state index in [9.17, 15) is 9.59 Å². The minimum Gasteiger partial charge on any atom is -0.481 e. The normalized spacial score (nSPS) is 12.5. The number of carbonyl (C=O) groups is 2. The zero-order chi connectivity index (χ0) is 11.8. The van der Waals surface area contributed by atoms with E-state index in [1.54, 1.807) is 0 Å². The summed E-state index contributed by atoms with van der Waals surface area (Å²) >= 11 is 0. The number of nitrogens with one attached hydrogen (secondary N) is 1. The Hall–Kier alpha value is -1.14. The van der Waals surface area contributed by atoms with Crippen LogP contribution in [0.5, 0.6) is 0 Å². The number of likely N-dealkylation sites (N-methyl/N-ethyl adjacent to an activating group) is 1. The second kappa shape index (κ2) is 7.19. The van der Waals surface area contributed by atoms with Gasteiger partial charge in [-0.15, -0.1) is 0 Å². The van der Waals surface area contributed by atoms with E-state index in [-0.39, 0.29) is 18.7 Å². The minimum atomic E-state index is -0.938. The Morgan fingerprint density at radius 1 is 1.47 bits per heavy atom. The quantitative estimate of drug-likeness (QED) is 0.501. The Morgan fingerprint density at radius 3 is 2.53 bits per heavy atom. The number of rotatable bonds is 7. The molecular formula is C9H19N3O3. The molecule has 0 aliphatic carbocycles. The van der Waals surface area contributed by atoms with Crippen LogP contribution >= 0.6 is 0 Å². The highest BCUT2D eigenvalue weighted by molar-refractivity contribution is 5.82. The van der Waals surface area contributed by atoms with Crippen LogP contribution in [-0.4, -0.2) is 55.1 Å². The Morgan fingerprint density at radius 2 is 2.07 bits per heavy atom. The number of carboxylic acids is 1. The Kier molecular flexibility index (Phi) is 6.64. The Balaban J connectivity index is 3.64. The number of carbonyl (C=O) groups excluding carboxylic acids is 1. The molecule has 0 aromatic rings. The van der Waals surface area contributed by atoms with E-state index in [4.69, 9.17) is 10.8 Å². The molecule has 6 heteroatoms. The lowest BCUT2D eigenvalue weighted by Crippen LogP contribution is -2.43. The second-order valence-corrected chi connectivity index (χ2v) is 3.63. The summed E-state index contributed by atoms with van der Waals surface area (Å²) < 4.78 is 0. The first-order chi connectivity index (χ1) is 6.93. The molecule has 0 aliphatic heterocycles. The molecule has 0 aromatic carbocycles. The van der Waals surface area contributed by atoms with Crippen molar-refractivity contribution in [2.45, 2.75) is 18.9 Å². The highest BCUT2D eigenvalue weighted by Crippen LogP contribution is 1.94. The van der Waals surface area contributed by atoms with Gasteiger partial charge < -0.3 is 21.1 Å². The van der Waals surface area contributed by atoms with Gasteiger partial charge in [0.25, 0.3) is 0 Å². The van der Waals surface area contributed by atoms with Crippen LogP contribution in [0.2, 0.25) is 0 Å². The molecule has 0 spiro atoms. The van der Waals surface area contributed by atoms with Crippen LogP contribution in [0.3, 0.4) is 0 Å². The molecule has 1 atom stereocenters. The van der Waals surface area contributed by atoms with Crippen molar-refractivity contribution in [2.24, 2.45) is 5.73 Å². The van der Waals surface area contributed by atoms with Gasteiger partial charge in [0.1, 0.15) is 0 Å². The third-order valence-electron chi connectivity index (χ3n) is 1.86. The molecule has 0 saturated heterocycles. The summed E-state index contributed by atoms with van der Waals surface area (Å²) in [5.41, 5.74) is 5.49. The van der Waals surface area contributed by atoms with Gasteiger partial charge in [-0.05, 0) is 20.5 Å². The standard InChI is InChI=1S/C9H19N3O3/c1-12(2)6-5-11-9(15)7(10)3-4-8(13)14/h7H,3-6,10H2,1-2H3,(H,11,15)(H,13,14)/t7-/m0/s1. The number of aliphatic carboxylic acids is 1. The van der Waals surface area contributed by atoms with Crippen LogP contribution in [0.25, 0.3) is 0 Å². The van der Waals surface area contributed by atoms with Gasteiger partial charge in [0, 0.05) is 19.5 Å². The van der Waals surface area contributed by atoms with E-state index in [2.05, 4.69) is 5.32 Å². The van der Waals surface area contributed by atoms with Crippen LogP contribution in [0.1, 0.15) is 12.8 Å². The van der Waals surface area contributed by atoms with Crippen molar-refractivity contribution < 1.29 is 14.7 Å². The van der Waals surface area contributed by atoms with E-state index in [1.165, 1.54) is 0 Å². The highest BCUT2D eigenvalue weighted by Gasteiger charge is 2.13. The first kappa shape index (κ1) is 13.9. The fraction of sp³-hybridized carbons (Fsp3) is 0.778. The lowest BCUT2D eigenvalue weighted by Gasteiger charge is -2.13. The van der Waals surface area contributed by atoms with Crippen molar-refractivity contribution in [3.63, 3.8) is 0 Å². The first-order valence-corrected chi connectivity index (χ1v) is 4.83. The molecule has 4 N–H and O–H groups in total. The van der Waals surface area contributed by atoms with Gasteiger partial charge in [-0.25, -0.2) is 0 Å². The van der Waals surface area contributed by atoms with Crippen molar-refractivity contribution in [3.8, 4) is 0 Å². The molecular weight excluding hydrogens is 198 g/mol. The number of amides is 1. The van der Waals surface area contributed by atoms with E-state index >= 15 is 0 Å². The van der Waals surface area contributed by atoms with E-state index < -0.39 is 12.0 Å². The van der Waals surface area contributed by atoms with Gasteiger partial charge in [-0.1, -0.05) is 0 Å². The zero-order valence-electron chi connectivity index (χ0n) is 9.19. The number of hydrogen-bond donors (Lipinski definition) is 3. The van der Waals surface area contributed by atoms with Gasteiger partial charge in [0.2, 0.25) is 5.91 Å². The maximum Gasteiger partial charge on any atom is 0.303 e. The molecule has 0 heterocycles. The average Bonchev–Trinajstić information content (AvgIpc) is 2.13. The monoisotopic (exact) mass is 217 g/mol. The second-order valence-electron chi connectivity index (χ2n) is 3.63. The first-order valence-electron chi connectivity index (χ1n) is 4.83. The molecule has 0 unspecified atom stereocenters. The molecule has 0 aliphatic rings. The molecule has 0 saturated carbocycles.